The van der Waals surface area contributed by atoms with E-state index in [0.717, 1.165) is 32.1 Å². The van der Waals surface area contributed by atoms with Gasteiger partial charge in [0, 0.05) is 18.0 Å². The molecule has 12 nitrogen and oxygen atoms in total. The summed E-state index contributed by atoms with van der Waals surface area (Å²) in [7, 11) is -4.20. The second kappa shape index (κ2) is 13.1. The molecule has 5 N–H and O–H groups in total. The molecular formula is C26H36N3O9P. The molecule has 1 saturated carbocycles. The molecule has 2 aliphatic heterocycles. The zero-order valence-electron chi connectivity index (χ0n) is 21.8. The van der Waals surface area contributed by atoms with E-state index in [1.807, 2.05) is 0 Å². The van der Waals surface area contributed by atoms with Crippen molar-refractivity contribution in [2.24, 2.45) is 5.73 Å². The van der Waals surface area contributed by atoms with Crippen molar-refractivity contribution in [1.82, 2.24) is 9.99 Å². The number of allylic oxidation sites excluding steroid dienone is 1. The average Bonchev–Trinajstić information content (AvgIpc) is 3.22. The van der Waals surface area contributed by atoms with Crippen molar-refractivity contribution in [3.63, 3.8) is 0 Å². The highest BCUT2D eigenvalue weighted by Gasteiger charge is 2.46. The Morgan fingerprint density at radius 3 is 2.59 bits per heavy atom. The zero-order chi connectivity index (χ0) is 28.0. The van der Waals surface area contributed by atoms with E-state index in [1.165, 1.54) is 18.0 Å². The van der Waals surface area contributed by atoms with E-state index >= 15 is 0 Å². The summed E-state index contributed by atoms with van der Waals surface area (Å²) < 4.78 is 36.5. The van der Waals surface area contributed by atoms with Gasteiger partial charge in [0.1, 0.15) is 36.2 Å². The molecule has 2 heterocycles. The van der Waals surface area contributed by atoms with Gasteiger partial charge in [-0.15, -0.1) is 0 Å². The van der Waals surface area contributed by atoms with Crippen molar-refractivity contribution in [3.8, 4) is 5.75 Å². The standard InChI is InChI=1S/C26H36N3O9P/c1-17(26(33)36-19-10-4-2-5-11-19)28-39(34,38-20-12-6-3-7-13-20)35-16-21-22(30)23(31)25(37-21)29-14-8-9-18(15-29)24(27)32/h3,6-8,12-15,17,19,21-23,25,30-31H,2,4-5,9-11,16H2,1H3,(H2,27,32)(H,28,34)/t17-,21+,22?,23?,25+,39?/m0/s1. The van der Waals surface area contributed by atoms with Crippen LogP contribution in [0.15, 0.2) is 54.4 Å². The van der Waals surface area contributed by atoms with E-state index in [-0.39, 0.29) is 11.9 Å². The Labute approximate surface area is 227 Å². The second-order valence-electron chi connectivity index (χ2n) is 9.85. The maximum absolute atomic E-state index is 13.8. The highest BCUT2D eigenvalue weighted by molar-refractivity contribution is 7.52. The molecular weight excluding hydrogens is 529 g/mol. The van der Waals surface area contributed by atoms with Gasteiger partial charge in [-0.05, 0) is 51.2 Å². The summed E-state index contributed by atoms with van der Waals surface area (Å²) in [6.45, 7) is 1.06. The molecule has 39 heavy (non-hydrogen) atoms. The van der Waals surface area contributed by atoms with E-state index in [9.17, 15) is 24.4 Å². The Morgan fingerprint density at radius 2 is 1.90 bits per heavy atom. The van der Waals surface area contributed by atoms with Gasteiger partial charge in [-0.25, -0.2) is 4.57 Å². The number of nitrogens with one attached hydrogen (secondary N) is 1. The monoisotopic (exact) mass is 565 g/mol. The fourth-order valence-corrected chi connectivity index (χ4v) is 6.14. The van der Waals surface area contributed by atoms with Gasteiger partial charge in [0.15, 0.2) is 6.23 Å². The van der Waals surface area contributed by atoms with Crippen LogP contribution in [0.5, 0.6) is 5.75 Å². The van der Waals surface area contributed by atoms with Crippen LogP contribution in [0, 0.1) is 0 Å². The topological polar surface area (TPSA) is 170 Å². The molecule has 214 valence electrons. The Balaban J connectivity index is 1.42. The highest BCUT2D eigenvalue weighted by Crippen LogP contribution is 2.45. The molecule has 0 spiro atoms. The number of carbonyl (C=O) groups is 2. The number of amides is 1. The van der Waals surface area contributed by atoms with Crippen molar-refractivity contribution < 1.29 is 42.9 Å². The van der Waals surface area contributed by atoms with Gasteiger partial charge in [-0.2, -0.15) is 5.09 Å². The zero-order valence-corrected chi connectivity index (χ0v) is 22.7. The van der Waals surface area contributed by atoms with E-state index in [2.05, 4.69) is 5.09 Å². The van der Waals surface area contributed by atoms with Crippen LogP contribution in [0.3, 0.4) is 0 Å². The predicted molar refractivity (Wildman–Crippen MR) is 140 cm³/mol. The van der Waals surface area contributed by atoms with E-state index in [1.54, 1.807) is 42.6 Å². The molecule has 0 aromatic heterocycles. The minimum Gasteiger partial charge on any atom is -0.461 e. The number of benzene rings is 1. The summed E-state index contributed by atoms with van der Waals surface area (Å²) in [5.74, 6) is -0.961. The summed E-state index contributed by atoms with van der Waals surface area (Å²) in [6, 6.07) is 7.26. The lowest BCUT2D eigenvalue weighted by Gasteiger charge is -2.28. The number of aliphatic hydroxyl groups is 2. The van der Waals surface area contributed by atoms with Gasteiger partial charge in [-0.1, -0.05) is 30.7 Å². The summed E-state index contributed by atoms with van der Waals surface area (Å²) in [6.07, 6.45) is 4.58. The average molecular weight is 566 g/mol. The Kier molecular flexibility index (Phi) is 9.81. The van der Waals surface area contributed by atoms with E-state index in [0.29, 0.717) is 12.0 Å². The van der Waals surface area contributed by atoms with Gasteiger partial charge < -0.3 is 34.8 Å². The molecule has 1 aliphatic carbocycles. The lowest BCUT2D eigenvalue weighted by atomic mass is 9.98. The first-order chi connectivity index (χ1) is 18.6. The molecule has 1 amide bonds. The van der Waals surface area contributed by atoms with Crippen LogP contribution in [-0.2, 0) is 28.2 Å². The number of rotatable bonds is 11. The predicted octanol–water partition coefficient (Wildman–Crippen LogP) is 2.08. The molecule has 1 aromatic carbocycles. The van der Waals surface area contributed by atoms with Gasteiger partial charge in [0.05, 0.1) is 6.61 Å². The Morgan fingerprint density at radius 1 is 1.18 bits per heavy atom. The second-order valence-corrected chi connectivity index (χ2v) is 11.5. The molecule has 0 radical (unpaired) electrons. The number of aliphatic hydroxyl groups excluding tert-OH is 2. The molecule has 3 aliphatic rings. The van der Waals surface area contributed by atoms with E-state index in [4.69, 9.17) is 24.3 Å². The molecule has 1 aromatic rings. The SMILES string of the molecule is C[C@H](NP(=O)(OC[C@H]1O[C@@H](N2C=CCC(C(N)=O)=C2)C(O)C1O)Oc1ccccc1)C(=O)OC1CCCCC1. The third kappa shape index (κ3) is 7.69. The van der Waals surface area contributed by atoms with Crippen molar-refractivity contribution >= 4 is 19.6 Å². The third-order valence-electron chi connectivity index (χ3n) is 6.79. The first-order valence-corrected chi connectivity index (χ1v) is 14.6. The maximum atomic E-state index is 13.8. The lowest BCUT2D eigenvalue weighted by molar-refractivity contribution is -0.152. The smallest absolute Gasteiger partial charge is 0.459 e. The summed E-state index contributed by atoms with van der Waals surface area (Å²) in [5, 5.41) is 23.9. The molecule has 6 atom stereocenters. The van der Waals surface area contributed by atoms with Gasteiger partial charge in [0.2, 0.25) is 5.91 Å². The minimum atomic E-state index is -4.20. The fraction of sp³-hybridized carbons (Fsp3) is 0.538. The Bertz CT molecular complexity index is 1110. The van der Waals surface area contributed by atoms with Crippen LogP contribution >= 0.6 is 7.75 Å². The fourth-order valence-electron chi connectivity index (χ4n) is 4.63. The summed E-state index contributed by atoms with van der Waals surface area (Å²) in [4.78, 5) is 25.7. The molecule has 2 fully saturated rings. The molecule has 4 rings (SSSR count). The van der Waals surface area contributed by atoms with Crippen LogP contribution in [0.25, 0.3) is 0 Å². The number of hydrogen-bond acceptors (Lipinski definition) is 10. The molecule has 3 unspecified atom stereocenters. The molecule has 0 bridgehead atoms. The normalized spacial score (nSPS) is 27.9. The van der Waals surface area contributed by atoms with Crippen molar-refractivity contribution in [2.75, 3.05) is 6.61 Å². The van der Waals surface area contributed by atoms with Crippen LogP contribution in [-0.4, -0.2) is 70.3 Å². The van der Waals surface area contributed by atoms with Crippen LogP contribution in [0.4, 0.5) is 0 Å². The van der Waals surface area contributed by atoms with Gasteiger partial charge in [0.25, 0.3) is 0 Å². The number of carbonyl (C=O) groups excluding carboxylic acids is 2. The quantitative estimate of drug-likeness (QED) is 0.229. The first-order valence-electron chi connectivity index (χ1n) is 13.1. The third-order valence-corrected chi connectivity index (χ3v) is 8.43. The molecule has 13 heteroatoms. The first kappa shape index (κ1) is 29.3. The number of ether oxygens (including phenoxy) is 2. The number of esters is 1. The highest BCUT2D eigenvalue weighted by atomic mass is 31.2. The Hall–Kier alpha value is -2.73. The van der Waals surface area contributed by atoms with Crippen molar-refractivity contribution in [2.45, 2.75) is 82.1 Å². The van der Waals surface area contributed by atoms with Crippen LogP contribution in [0.2, 0.25) is 0 Å². The summed E-state index contributed by atoms with van der Waals surface area (Å²) >= 11 is 0. The maximum Gasteiger partial charge on any atom is 0.459 e. The largest absolute Gasteiger partial charge is 0.461 e. The van der Waals surface area contributed by atoms with E-state index < -0.39 is 56.8 Å². The number of primary amides is 1. The van der Waals surface area contributed by atoms with Crippen molar-refractivity contribution in [3.05, 3.63) is 54.4 Å². The van der Waals surface area contributed by atoms with Crippen molar-refractivity contribution in [1.29, 1.82) is 0 Å². The van der Waals surface area contributed by atoms with Gasteiger partial charge in [-0.3, -0.25) is 14.1 Å². The van der Waals surface area contributed by atoms with Gasteiger partial charge >= 0.3 is 13.7 Å². The van der Waals surface area contributed by atoms with Crippen LogP contribution < -0.4 is 15.3 Å². The molecule has 1 saturated heterocycles. The number of nitrogens with zero attached hydrogens (tertiary/aromatic N) is 1. The number of para-hydroxylation sites is 1. The number of nitrogens with two attached hydrogens (primary N) is 1. The lowest BCUT2D eigenvalue weighted by Crippen LogP contribution is -2.40. The number of hydrogen-bond donors (Lipinski definition) is 4. The minimum absolute atomic E-state index is 0.181. The van der Waals surface area contributed by atoms with Crippen LogP contribution in [0.1, 0.15) is 45.4 Å². The summed E-state index contributed by atoms with van der Waals surface area (Å²) in [5.41, 5.74) is 5.67.